The lowest BCUT2D eigenvalue weighted by atomic mass is 9.93. The third-order valence-corrected chi connectivity index (χ3v) is 4.51. The molecule has 2 aromatic rings. The molecule has 1 aromatic heterocycles. The van der Waals surface area contributed by atoms with Gasteiger partial charge in [-0.2, -0.15) is 0 Å². The van der Waals surface area contributed by atoms with Gasteiger partial charge in [0.15, 0.2) is 0 Å². The molecule has 20 heavy (non-hydrogen) atoms. The summed E-state index contributed by atoms with van der Waals surface area (Å²) >= 11 is 0. The molecular formula is C17H19NO2. The second-order valence-electron chi connectivity index (χ2n) is 5.89. The Hall–Kier alpha value is -1.74. The Bertz CT molecular complexity index is 632. The number of hydrogen-bond acceptors (Lipinski definition) is 2. The summed E-state index contributed by atoms with van der Waals surface area (Å²) in [6, 6.07) is 8.29. The third-order valence-electron chi connectivity index (χ3n) is 4.51. The average Bonchev–Trinajstić information content (AvgIpc) is 3.05. The van der Waals surface area contributed by atoms with Gasteiger partial charge in [-0.05, 0) is 30.9 Å². The summed E-state index contributed by atoms with van der Waals surface area (Å²) in [5.41, 5.74) is 3.75. The molecule has 1 aromatic carbocycles. The maximum absolute atomic E-state index is 10.1. The number of aliphatic hydroxyl groups excluding tert-OH is 1. The van der Waals surface area contributed by atoms with Gasteiger partial charge in [0, 0.05) is 36.0 Å². The molecule has 4 rings (SSSR count). The Kier molecular flexibility index (Phi) is 2.81. The van der Waals surface area contributed by atoms with Gasteiger partial charge in [0.05, 0.1) is 12.7 Å². The van der Waals surface area contributed by atoms with Crippen LogP contribution in [0.5, 0.6) is 5.75 Å². The van der Waals surface area contributed by atoms with Crippen molar-refractivity contribution in [3.63, 3.8) is 0 Å². The highest BCUT2D eigenvalue weighted by molar-refractivity contribution is 5.39. The number of nitrogens with zero attached hydrogens (tertiary/aromatic N) is 1. The highest BCUT2D eigenvalue weighted by Crippen LogP contribution is 2.36. The van der Waals surface area contributed by atoms with Crippen molar-refractivity contribution in [3.8, 4) is 5.75 Å². The van der Waals surface area contributed by atoms with E-state index in [9.17, 15) is 5.11 Å². The average molecular weight is 269 g/mol. The third kappa shape index (κ3) is 1.93. The fourth-order valence-electron chi connectivity index (χ4n) is 3.46. The summed E-state index contributed by atoms with van der Waals surface area (Å²) in [7, 11) is 0. The second-order valence-corrected chi connectivity index (χ2v) is 5.89. The number of aromatic nitrogens is 1. The highest BCUT2D eigenvalue weighted by Gasteiger charge is 2.25. The van der Waals surface area contributed by atoms with Crippen molar-refractivity contribution in [1.29, 1.82) is 0 Å². The Labute approximate surface area is 118 Å². The molecule has 3 nitrogen and oxygen atoms in total. The van der Waals surface area contributed by atoms with E-state index in [4.69, 9.17) is 4.74 Å². The fourth-order valence-corrected chi connectivity index (χ4v) is 3.46. The molecule has 0 fully saturated rings. The molecule has 2 aliphatic rings. The van der Waals surface area contributed by atoms with Crippen LogP contribution >= 0.6 is 0 Å². The van der Waals surface area contributed by atoms with Crippen LogP contribution in [0.2, 0.25) is 0 Å². The maximum Gasteiger partial charge on any atom is 0.122 e. The van der Waals surface area contributed by atoms with Crippen LogP contribution in [0.3, 0.4) is 0 Å². The number of benzene rings is 1. The summed E-state index contributed by atoms with van der Waals surface area (Å²) in [6.45, 7) is 1.68. The van der Waals surface area contributed by atoms with Gasteiger partial charge < -0.3 is 14.4 Å². The molecule has 1 aliphatic heterocycles. The molecule has 1 N–H and O–H groups in total. The maximum atomic E-state index is 10.1. The lowest BCUT2D eigenvalue weighted by molar-refractivity contribution is 0.157. The van der Waals surface area contributed by atoms with Crippen LogP contribution in [0.4, 0.5) is 0 Å². The van der Waals surface area contributed by atoms with E-state index in [2.05, 4.69) is 29.1 Å². The van der Waals surface area contributed by atoms with Gasteiger partial charge in [0.1, 0.15) is 5.75 Å². The molecule has 1 aliphatic carbocycles. The smallest absolute Gasteiger partial charge is 0.122 e. The van der Waals surface area contributed by atoms with Gasteiger partial charge >= 0.3 is 0 Å². The number of rotatable bonds is 2. The number of hydrogen-bond donors (Lipinski definition) is 1. The summed E-state index contributed by atoms with van der Waals surface area (Å²) in [4.78, 5) is 0. The van der Waals surface area contributed by atoms with Crippen molar-refractivity contribution in [2.45, 2.75) is 37.8 Å². The van der Waals surface area contributed by atoms with Gasteiger partial charge in [-0.1, -0.05) is 18.2 Å². The highest BCUT2D eigenvalue weighted by atomic mass is 16.5. The summed E-state index contributed by atoms with van der Waals surface area (Å²) in [5.74, 6) is 1.44. The van der Waals surface area contributed by atoms with E-state index in [-0.39, 0.29) is 6.10 Å². The lowest BCUT2D eigenvalue weighted by Crippen LogP contribution is -2.09. The Morgan fingerprint density at radius 1 is 1.20 bits per heavy atom. The van der Waals surface area contributed by atoms with E-state index >= 15 is 0 Å². The molecule has 0 saturated carbocycles. The van der Waals surface area contributed by atoms with E-state index in [1.807, 2.05) is 12.1 Å². The first-order valence-corrected chi connectivity index (χ1v) is 7.39. The Morgan fingerprint density at radius 3 is 3.00 bits per heavy atom. The van der Waals surface area contributed by atoms with Crippen molar-refractivity contribution in [3.05, 3.63) is 53.3 Å². The molecule has 2 heterocycles. The SMILES string of the molecule is OC1CCCc2cn(CC3COc4ccccc43)cc21. The zero-order valence-corrected chi connectivity index (χ0v) is 11.5. The molecule has 0 amide bonds. The van der Waals surface area contributed by atoms with Crippen LogP contribution < -0.4 is 4.74 Å². The van der Waals surface area contributed by atoms with Crippen LogP contribution in [0, 0.1) is 0 Å². The zero-order valence-electron chi connectivity index (χ0n) is 11.5. The van der Waals surface area contributed by atoms with Crippen LogP contribution in [0.25, 0.3) is 0 Å². The summed E-state index contributed by atoms with van der Waals surface area (Å²) < 4.78 is 7.98. The number of aliphatic hydroxyl groups is 1. The standard InChI is InChI=1S/C17H19NO2/c19-16-6-3-4-12-8-18(10-15(12)16)9-13-11-20-17-7-2-1-5-14(13)17/h1-2,5,7-8,10,13,16,19H,3-4,6,9,11H2. The van der Waals surface area contributed by atoms with Crippen LogP contribution in [0.15, 0.2) is 36.7 Å². The minimum Gasteiger partial charge on any atom is -0.493 e. The molecule has 3 heteroatoms. The van der Waals surface area contributed by atoms with Crippen molar-refractivity contribution >= 4 is 0 Å². The first-order valence-electron chi connectivity index (χ1n) is 7.39. The minimum absolute atomic E-state index is 0.271. The molecule has 0 spiro atoms. The Morgan fingerprint density at radius 2 is 2.10 bits per heavy atom. The van der Waals surface area contributed by atoms with Crippen molar-refractivity contribution in [2.75, 3.05) is 6.61 Å². The first kappa shape index (κ1) is 12.0. The van der Waals surface area contributed by atoms with Crippen LogP contribution in [-0.2, 0) is 13.0 Å². The first-order chi connectivity index (χ1) is 9.81. The number of fused-ring (bicyclic) bond motifs is 2. The summed E-state index contributed by atoms with van der Waals surface area (Å²) in [6.07, 6.45) is 7.14. The van der Waals surface area contributed by atoms with E-state index in [1.54, 1.807) is 0 Å². The molecular weight excluding hydrogens is 250 g/mol. The van der Waals surface area contributed by atoms with Gasteiger partial charge in [-0.15, -0.1) is 0 Å². The molecule has 0 radical (unpaired) electrons. The van der Waals surface area contributed by atoms with Gasteiger partial charge in [0.25, 0.3) is 0 Å². The van der Waals surface area contributed by atoms with Crippen molar-refractivity contribution in [2.24, 2.45) is 0 Å². The molecule has 104 valence electrons. The van der Waals surface area contributed by atoms with Crippen LogP contribution in [0.1, 0.15) is 41.6 Å². The van der Waals surface area contributed by atoms with Crippen molar-refractivity contribution < 1.29 is 9.84 Å². The normalized spacial score (nSPS) is 24.1. The van der Waals surface area contributed by atoms with E-state index in [0.29, 0.717) is 5.92 Å². The van der Waals surface area contributed by atoms with Gasteiger partial charge in [-0.25, -0.2) is 0 Å². The number of aryl methyl sites for hydroxylation is 1. The second kappa shape index (κ2) is 4.67. The molecule has 0 saturated heterocycles. The summed E-state index contributed by atoms with van der Waals surface area (Å²) in [5, 5.41) is 10.1. The molecule has 2 atom stereocenters. The topological polar surface area (TPSA) is 34.4 Å². The van der Waals surface area contributed by atoms with Gasteiger partial charge in [0.2, 0.25) is 0 Å². The monoisotopic (exact) mass is 269 g/mol. The molecule has 0 bridgehead atoms. The quantitative estimate of drug-likeness (QED) is 0.909. The van der Waals surface area contributed by atoms with E-state index in [0.717, 1.165) is 43.7 Å². The number of ether oxygens (including phenoxy) is 1. The largest absolute Gasteiger partial charge is 0.493 e. The minimum atomic E-state index is -0.271. The molecule has 2 unspecified atom stereocenters. The predicted octanol–water partition coefficient (Wildman–Crippen LogP) is 3.03. The van der Waals surface area contributed by atoms with Crippen LogP contribution in [-0.4, -0.2) is 16.3 Å². The zero-order chi connectivity index (χ0) is 13.5. The number of para-hydroxylation sites is 1. The lowest BCUT2D eigenvalue weighted by Gasteiger charge is -2.16. The fraction of sp³-hybridized carbons (Fsp3) is 0.412. The van der Waals surface area contributed by atoms with E-state index in [1.165, 1.54) is 11.1 Å². The predicted molar refractivity (Wildman–Crippen MR) is 77.0 cm³/mol. The van der Waals surface area contributed by atoms with Crippen molar-refractivity contribution in [1.82, 2.24) is 4.57 Å². The van der Waals surface area contributed by atoms with E-state index < -0.39 is 0 Å². The Balaban J connectivity index is 1.59. The van der Waals surface area contributed by atoms with Gasteiger partial charge in [-0.3, -0.25) is 0 Å².